The van der Waals surface area contributed by atoms with Gasteiger partial charge in [-0.1, -0.05) is 19.4 Å². The van der Waals surface area contributed by atoms with Crippen molar-refractivity contribution < 1.29 is 27.9 Å². The van der Waals surface area contributed by atoms with Gasteiger partial charge in [-0.05, 0) is 66.3 Å². The highest BCUT2D eigenvalue weighted by atomic mass is 19.4. The number of alkyl halides is 3. The molecule has 6 nitrogen and oxygen atoms in total. The van der Waals surface area contributed by atoms with Gasteiger partial charge in [0, 0.05) is 25.3 Å². The Morgan fingerprint density at radius 1 is 1.31 bits per heavy atom. The molecule has 2 N–H and O–H groups in total. The lowest BCUT2D eigenvalue weighted by molar-refractivity contribution is -0.146. The lowest BCUT2D eigenvalue weighted by Gasteiger charge is -2.12. The second-order valence-corrected chi connectivity index (χ2v) is 8.69. The van der Waals surface area contributed by atoms with E-state index in [0.717, 1.165) is 24.2 Å². The topological polar surface area (TPSA) is 82.5 Å². The molecule has 2 atom stereocenters. The monoisotopic (exact) mass is 463 g/mol. The van der Waals surface area contributed by atoms with Crippen LogP contribution in [0, 0.1) is 11.3 Å². The van der Waals surface area contributed by atoms with Crippen molar-refractivity contribution in [2.24, 2.45) is 11.3 Å². The molecule has 1 aliphatic rings. The number of nitrogens with zero attached hydrogens (tertiary/aromatic N) is 2. The molecule has 2 heterocycles. The number of nitrogens with one attached hydrogen (secondary N) is 1. The fraction of sp³-hybridized carbons (Fsp3) is 0.696. The van der Waals surface area contributed by atoms with Gasteiger partial charge in [0.15, 0.2) is 0 Å². The number of carboxylic acids is 1. The van der Waals surface area contributed by atoms with E-state index in [-0.39, 0.29) is 6.29 Å². The Bertz CT molecular complexity index is 610. The van der Waals surface area contributed by atoms with Crippen molar-refractivity contribution in [1.29, 1.82) is 0 Å². The first-order chi connectivity index (χ1) is 14.7. The van der Waals surface area contributed by atoms with Crippen LogP contribution in [0.15, 0.2) is 24.4 Å². The second-order valence-electron chi connectivity index (χ2n) is 8.69. The van der Waals surface area contributed by atoms with Crippen LogP contribution < -0.4 is 5.32 Å². The third-order valence-corrected chi connectivity index (χ3v) is 4.59. The Hall–Kier alpha value is -2.00. The lowest BCUT2D eigenvalue weighted by atomic mass is 9.98. The molecule has 0 aromatic carbocycles. The highest BCUT2D eigenvalue weighted by molar-refractivity contribution is 5.72. The SMILES string of the molecule is CC(C)(C)C(=O)O.CCC1CC(C)N(C)C1.CNCc1ccccn1.O=CCC(F)(F)F. The summed E-state index contributed by atoms with van der Waals surface area (Å²) in [6.07, 6.45) is -1.26. The maximum Gasteiger partial charge on any atom is 0.395 e. The number of carboxylic acid groups (broad SMARTS) is 1. The van der Waals surface area contributed by atoms with E-state index in [1.54, 1.807) is 27.0 Å². The van der Waals surface area contributed by atoms with Gasteiger partial charge >= 0.3 is 12.1 Å². The number of halogens is 3. The van der Waals surface area contributed by atoms with E-state index in [1.807, 2.05) is 25.2 Å². The van der Waals surface area contributed by atoms with Crippen LogP contribution in [0.25, 0.3) is 0 Å². The molecular formula is C23H40F3N3O3. The first-order valence-electron chi connectivity index (χ1n) is 10.7. The van der Waals surface area contributed by atoms with Crippen LogP contribution in [0.3, 0.4) is 0 Å². The summed E-state index contributed by atoms with van der Waals surface area (Å²) >= 11 is 0. The Morgan fingerprint density at radius 3 is 2.09 bits per heavy atom. The Balaban J connectivity index is 0. The van der Waals surface area contributed by atoms with Crippen LogP contribution in [0.5, 0.6) is 0 Å². The number of aldehydes is 1. The van der Waals surface area contributed by atoms with Crippen molar-refractivity contribution in [1.82, 2.24) is 15.2 Å². The third-order valence-electron chi connectivity index (χ3n) is 4.59. The minimum absolute atomic E-state index is 0.167. The fourth-order valence-electron chi connectivity index (χ4n) is 2.40. The molecule has 0 amide bonds. The number of likely N-dealkylation sites (tertiary alicyclic amines) is 1. The van der Waals surface area contributed by atoms with Crippen molar-refractivity contribution in [2.45, 2.75) is 72.6 Å². The van der Waals surface area contributed by atoms with Gasteiger partial charge < -0.3 is 20.1 Å². The average Bonchev–Trinajstić information content (AvgIpc) is 3.01. The van der Waals surface area contributed by atoms with Crippen molar-refractivity contribution in [3.05, 3.63) is 30.1 Å². The summed E-state index contributed by atoms with van der Waals surface area (Å²) in [5, 5.41) is 11.3. The Labute approximate surface area is 190 Å². The zero-order chi connectivity index (χ0) is 25.4. The van der Waals surface area contributed by atoms with E-state index in [9.17, 15) is 18.0 Å². The molecule has 2 unspecified atom stereocenters. The fourth-order valence-corrected chi connectivity index (χ4v) is 2.40. The van der Waals surface area contributed by atoms with E-state index < -0.39 is 24.0 Å². The number of rotatable bonds is 4. The molecule has 1 fully saturated rings. The summed E-state index contributed by atoms with van der Waals surface area (Å²) in [5.41, 5.74) is 0.500. The highest BCUT2D eigenvalue weighted by Crippen LogP contribution is 2.22. The van der Waals surface area contributed by atoms with E-state index >= 15 is 0 Å². The van der Waals surface area contributed by atoms with Crippen molar-refractivity contribution in [3.63, 3.8) is 0 Å². The van der Waals surface area contributed by atoms with Crippen molar-refractivity contribution >= 4 is 12.3 Å². The first-order valence-corrected chi connectivity index (χ1v) is 10.7. The standard InChI is InChI=1S/C8H17N.C7H10N2.C5H10O2.C3H3F3O/c1-4-8-5-7(2)9(3)6-8;1-8-6-7-4-2-3-5-9-7;1-5(2,3)4(6)7;4-3(5,6)1-2-7/h7-8H,4-6H2,1-3H3;2-5,8H,6H2,1H3;1-3H3,(H,6,7);2H,1H2. The van der Waals surface area contributed by atoms with Crippen molar-refractivity contribution in [2.75, 3.05) is 20.6 Å². The molecule has 0 bridgehead atoms. The number of carbonyl (C=O) groups is 2. The Morgan fingerprint density at radius 2 is 1.88 bits per heavy atom. The zero-order valence-corrected chi connectivity index (χ0v) is 20.4. The van der Waals surface area contributed by atoms with E-state index in [4.69, 9.17) is 9.90 Å². The van der Waals surface area contributed by atoms with Crippen LogP contribution >= 0.6 is 0 Å². The number of pyridine rings is 1. The third kappa shape index (κ3) is 18.7. The second kappa shape index (κ2) is 16.6. The number of aliphatic carboxylic acids is 1. The summed E-state index contributed by atoms with van der Waals surface area (Å²) in [6, 6.07) is 6.73. The van der Waals surface area contributed by atoms with Gasteiger partial charge in [-0.25, -0.2) is 0 Å². The first kappa shape index (κ1) is 32.2. The molecule has 0 saturated carbocycles. The summed E-state index contributed by atoms with van der Waals surface area (Å²) in [6.45, 7) is 11.8. The normalized spacial score (nSPS) is 18.2. The maximum absolute atomic E-state index is 10.8. The highest BCUT2D eigenvalue weighted by Gasteiger charge is 2.25. The molecule has 32 heavy (non-hydrogen) atoms. The van der Waals surface area contributed by atoms with Gasteiger partial charge in [-0.2, -0.15) is 13.2 Å². The number of carbonyl (C=O) groups excluding carboxylic acids is 1. The van der Waals surface area contributed by atoms with Gasteiger partial charge in [0.2, 0.25) is 0 Å². The van der Waals surface area contributed by atoms with E-state index in [2.05, 4.69) is 36.1 Å². The van der Waals surface area contributed by atoms with Gasteiger partial charge in [0.05, 0.1) is 17.5 Å². The molecule has 1 saturated heterocycles. The minimum Gasteiger partial charge on any atom is -0.481 e. The van der Waals surface area contributed by atoms with Crippen LogP contribution in [0.4, 0.5) is 13.2 Å². The quantitative estimate of drug-likeness (QED) is 0.625. The van der Waals surface area contributed by atoms with Gasteiger partial charge in [-0.15, -0.1) is 0 Å². The molecule has 0 spiro atoms. The molecular weight excluding hydrogens is 423 g/mol. The molecule has 186 valence electrons. The summed E-state index contributed by atoms with van der Waals surface area (Å²) < 4.78 is 32.5. The van der Waals surface area contributed by atoms with Gasteiger partial charge in [0.25, 0.3) is 0 Å². The largest absolute Gasteiger partial charge is 0.481 e. The smallest absolute Gasteiger partial charge is 0.395 e. The Kier molecular flexibility index (Phi) is 16.7. The minimum atomic E-state index is -4.32. The zero-order valence-electron chi connectivity index (χ0n) is 20.4. The van der Waals surface area contributed by atoms with E-state index in [1.165, 1.54) is 19.4 Å². The van der Waals surface area contributed by atoms with Crippen LogP contribution in [0.1, 0.15) is 59.6 Å². The van der Waals surface area contributed by atoms with Crippen LogP contribution in [-0.2, 0) is 16.1 Å². The predicted molar refractivity (Wildman–Crippen MR) is 121 cm³/mol. The average molecular weight is 464 g/mol. The number of hydrogen-bond acceptors (Lipinski definition) is 5. The summed E-state index contributed by atoms with van der Waals surface area (Å²) in [7, 11) is 4.13. The predicted octanol–water partition coefficient (Wildman–Crippen LogP) is 4.79. The molecule has 1 aromatic rings. The molecule has 0 aliphatic carbocycles. The molecule has 0 radical (unpaired) electrons. The maximum atomic E-state index is 10.8. The van der Waals surface area contributed by atoms with Crippen LogP contribution in [0.2, 0.25) is 0 Å². The van der Waals surface area contributed by atoms with Crippen molar-refractivity contribution in [3.8, 4) is 0 Å². The van der Waals surface area contributed by atoms with E-state index in [0.29, 0.717) is 0 Å². The van der Waals surface area contributed by atoms with Gasteiger partial charge in [0.1, 0.15) is 6.29 Å². The molecule has 2 rings (SSSR count). The molecule has 1 aromatic heterocycles. The number of hydrogen-bond donors (Lipinski definition) is 2. The molecule has 1 aliphatic heterocycles. The van der Waals surface area contributed by atoms with Gasteiger partial charge in [-0.3, -0.25) is 9.78 Å². The summed E-state index contributed by atoms with van der Waals surface area (Å²) in [4.78, 5) is 25.7. The van der Waals surface area contributed by atoms with Crippen LogP contribution in [-0.4, -0.2) is 60.1 Å². The number of aromatic nitrogens is 1. The molecule has 9 heteroatoms. The summed E-state index contributed by atoms with van der Waals surface area (Å²) in [5.74, 6) is 0.220. The lowest BCUT2D eigenvalue weighted by Crippen LogP contribution is -2.21.